The standard InChI is InChI=1S/C14H22N2/c1-11(2)14(12-7-9-15-10-8-12)16-13-5-3-4-6-13/h7-11,13-14,16H,3-6H2,1-2H3. The van der Waals surface area contributed by atoms with Gasteiger partial charge in [-0.15, -0.1) is 0 Å². The summed E-state index contributed by atoms with van der Waals surface area (Å²) in [5.74, 6) is 0.628. The van der Waals surface area contributed by atoms with Crippen LogP contribution in [0.2, 0.25) is 0 Å². The molecular weight excluding hydrogens is 196 g/mol. The molecule has 0 radical (unpaired) electrons. The van der Waals surface area contributed by atoms with Crippen LogP contribution in [-0.2, 0) is 0 Å². The summed E-state index contributed by atoms with van der Waals surface area (Å²) in [6, 6.07) is 5.46. The van der Waals surface area contributed by atoms with Crippen LogP contribution in [0.25, 0.3) is 0 Å². The normalized spacial score (nSPS) is 19.2. The second kappa shape index (κ2) is 5.44. The number of rotatable bonds is 4. The van der Waals surface area contributed by atoms with Crippen molar-refractivity contribution in [1.29, 1.82) is 0 Å². The summed E-state index contributed by atoms with van der Waals surface area (Å²) < 4.78 is 0. The number of hydrogen-bond donors (Lipinski definition) is 1. The number of pyridine rings is 1. The molecular formula is C14H22N2. The first-order valence-corrected chi connectivity index (χ1v) is 6.43. The molecule has 1 atom stereocenters. The van der Waals surface area contributed by atoms with E-state index in [1.54, 1.807) is 0 Å². The molecule has 1 saturated carbocycles. The lowest BCUT2D eigenvalue weighted by atomic mass is 9.96. The van der Waals surface area contributed by atoms with Gasteiger partial charge in [-0.2, -0.15) is 0 Å². The summed E-state index contributed by atoms with van der Waals surface area (Å²) in [5, 5.41) is 3.80. The van der Waals surface area contributed by atoms with E-state index in [1.165, 1.54) is 31.2 Å². The maximum absolute atomic E-state index is 4.09. The van der Waals surface area contributed by atoms with Crippen LogP contribution in [0.3, 0.4) is 0 Å². The van der Waals surface area contributed by atoms with Crippen molar-refractivity contribution in [3.63, 3.8) is 0 Å². The van der Waals surface area contributed by atoms with Gasteiger partial charge >= 0.3 is 0 Å². The molecule has 1 aromatic heterocycles. The number of nitrogens with zero attached hydrogens (tertiary/aromatic N) is 1. The van der Waals surface area contributed by atoms with Crippen LogP contribution in [0.5, 0.6) is 0 Å². The molecule has 1 aliphatic rings. The molecule has 0 spiro atoms. The Morgan fingerprint density at radius 2 is 1.81 bits per heavy atom. The minimum absolute atomic E-state index is 0.478. The Balaban J connectivity index is 2.05. The Labute approximate surface area is 98.5 Å². The molecule has 2 rings (SSSR count). The topological polar surface area (TPSA) is 24.9 Å². The van der Waals surface area contributed by atoms with Gasteiger partial charge in [0, 0.05) is 24.5 Å². The summed E-state index contributed by atoms with van der Waals surface area (Å²) >= 11 is 0. The molecule has 1 fully saturated rings. The Morgan fingerprint density at radius 3 is 2.38 bits per heavy atom. The third-order valence-electron chi connectivity index (χ3n) is 3.50. The first-order chi connectivity index (χ1) is 7.77. The van der Waals surface area contributed by atoms with Crippen molar-refractivity contribution in [2.45, 2.75) is 51.6 Å². The summed E-state index contributed by atoms with van der Waals surface area (Å²) in [6.45, 7) is 4.57. The predicted molar refractivity (Wildman–Crippen MR) is 67.2 cm³/mol. The lowest BCUT2D eigenvalue weighted by molar-refractivity contribution is 0.360. The highest BCUT2D eigenvalue weighted by Gasteiger charge is 2.22. The number of aromatic nitrogens is 1. The molecule has 1 aromatic rings. The minimum Gasteiger partial charge on any atom is -0.307 e. The Morgan fingerprint density at radius 1 is 1.19 bits per heavy atom. The van der Waals surface area contributed by atoms with Gasteiger partial charge in [0.1, 0.15) is 0 Å². The first kappa shape index (κ1) is 11.6. The maximum Gasteiger partial charge on any atom is 0.0346 e. The van der Waals surface area contributed by atoms with E-state index >= 15 is 0 Å². The van der Waals surface area contributed by atoms with Gasteiger partial charge < -0.3 is 5.32 Å². The Hall–Kier alpha value is -0.890. The molecule has 88 valence electrons. The summed E-state index contributed by atoms with van der Waals surface area (Å²) in [4.78, 5) is 4.09. The van der Waals surface area contributed by atoms with Gasteiger partial charge in [-0.1, -0.05) is 26.7 Å². The van der Waals surface area contributed by atoms with Gasteiger partial charge in [0.2, 0.25) is 0 Å². The van der Waals surface area contributed by atoms with E-state index in [0.717, 1.165) is 6.04 Å². The fraction of sp³-hybridized carbons (Fsp3) is 0.643. The van der Waals surface area contributed by atoms with E-state index in [4.69, 9.17) is 0 Å². The van der Waals surface area contributed by atoms with Gasteiger partial charge in [0.25, 0.3) is 0 Å². The fourth-order valence-corrected chi connectivity index (χ4v) is 2.59. The molecule has 1 N–H and O–H groups in total. The van der Waals surface area contributed by atoms with E-state index in [0.29, 0.717) is 12.0 Å². The fourth-order valence-electron chi connectivity index (χ4n) is 2.59. The lowest BCUT2D eigenvalue weighted by Crippen LogP contribution is -2.33. The van der Waals surface area contributed by atoms with Crippen LogP contribution in [0.15, 0.2) is 24.5 Å². The van der Waals surface area contributed by atoms with Crippen molar-refractivity contribution in [2.75, 3.05) is 0 Å². The smallest absolute Gasteiger partial charge is 0.0346 e. The van der Waals surface area contributed by atoms with Crippen molar-refractivity contribution in [2.24, 2.45) is 5.92 Å². The van der Waals surface area contributed by atoms with E-state index in [9.17, 15) is 0 Å². The highest BCUT2D eigenvalue weighted by atomic mass is 15.0. The van der Waals surface area contributed by atoms with Gasteiger partial charge in [-0.05, 0) is 36.5 Å². The molecule has 0 saturated heterocycles. The third-order valence-corrected chi connectivity index (χ3v) is 3.50. The zero-order chi connectivity index (χ0) is 11.4. The molecule has 0 aliphatic heterocycles. The van der Waals surface area contributed by atoms with Crippen LogP contribution in [-0.4, -0.2) is 11.0 Å². The summed E-state index contributed by atoms with van der Waals surface area (Å²) in [5.41, 5.74) is 1.37. The quantitative estimate of drug-likeness (QED) is 0.838. The van der Waals surface area contributed by atoms with Gasteiger partial charge in [-0.25, -0.2) is 0 Å². The minimum atomic E-state index is 0.478. The average molecular weight is 218 g/mol. The van der Waals surface area contributed by atoms with E-state index in [1.807, 2.05) is 12.4 Å². The highest BCUT2D eigenvalue weighted by Crippen LogP contribution is 2.26. The first-order valence-electron chi connectivity index (χ1n) is 6.43. The van der Waals surface area contributed by atoms with Crippen LogP contribution in [0, 0.1) is 5.92 Å². The molecule has 1 aliphatic carbocycles. The highest BCUT2D eigenvalue weighted by molar-refractivity contribution is 5.16. The molecule has 0 aromatic carbocycles. The summed E-state index contributed by atoms with van der Waals surface area (Å²) in [7, 11) is 0. The van der Waals surface area contributed by atoms with E-state index in [-0.39, 0.29) is 0 Å². The van der Waals surface area contributed by atoms with Gasteiger partial charge in [0.15, 0.2) is 0 Å². The largest absolute Gasteiger partial charge is 0.307 e. The molecule has 0 bridgehead atoms. The molecule has 2 nitrogen and oxygen atoms in total. The van der Waals surface area contributed by atoms with Crippen molar-refractivity contribution in [1.82, 2.24) is 10.3 Å². The van der Waals surface area contributed by atoms with Crippen LogP contribution < -0.4 is 5.32 Å². The van der Waals surface area contributed by atoms with E-state index < -0.39 is 0 Å². The lowest BCUT2D eigenvalue weighted by Gasteiger charge is -2.26. The van der Waals surface area contributed by atoms with Gasteiger partial charge in [0.05, 0.1) is 0 Å². The van der Waals surface area contributed by atoms with Crippen molar-refractivity contribution in [3.8, 4) is 0 Å². The molecule has 2 heteroatoms. The van der Waals surface area contributed by atoms with Crippen molar-refractivity contribution in [3.05, 3.63) is 30.1 Å². The second-order valence-corrected chi connectivity index (χ2v) is 5.15. The Kier molecular flexibility index (Phi) is 3.94. The SMILES string of the molecule is CC(C)C(NC1CCCC1)c1ccncc1. The van der Waals surface area contributed by atoms with Crippen LogP contribution >= 0.6 is 0 Å². The molecule has 1 unspecified atom stereocenters. The van der Waals surface area contributed by atoms with E-state index in [2.05, 4.69) is 36.3 Å². The second-order valence-electron chi connectivity index (χ2n) is 5.15. The molecule has 16 heavy (non-hydrogen) atoms. The van der Waals surface area contributed by atoms with Crippen molar-refractivity contribution < 1.29 is 0 Å². The Bertz CT molecular complexity index is 302. The average Bonchev–Trinajstić information content (AvgIpc) is 2.79. The zero-order valence-electron chi connectivity index (χ0n) is 10.3. The number of hydrogen-bond acceptors (Lipinski definition) is 2. The van der Waals surface area contributed by atoms with Crippen LogP contribution in [0.4, 0.5) is 0 Å². The maximum atomic E-state index is 4.09. The van der Waals surface area contributed by atoms with Crippen molar-refractivity contribution >= 4 is 0 Å². The van der Waals surface area contributed by atoms with Gasteiger partial charge in [-0.3, -0.25) is 4.98 Å². The molecule has 0 amide bonds. The zero-order valence-corrected chi connectivity index (χ0v) is 10.3. The third kappa shape index (κ3) is 2.82. The molecule has 1 heterocycles. The number of nitrogens with one attached hydrogen (secondary N) is 1. The predicted octanol–water partition coefficient (Wildman–Crippen LogP) is 3.31. The summed E-state index contributed by atoms with van der Waals surface area (Å²) in [6.07, 6.45) is 9.24. The van der Waals surface area contributed by atoms with Crippen LogP contribution in [0.1, 0.15) is 51.1 Å². The monoisotopic (exact) mass is 218 g/mol.